The Balaban J connectivity index is 2.07. The number of carbonyl (C=O) groups is 1. The van der Waals surface area contributed by atoms with Crippen LogP contribution in [0.1, 0.15) is 23.7 Å². The van der Waals surface area contributed by atoms with Crippen LogP contribution in [0.4, 0.5) is 15.9 Å². The van der Waals surface area contributed by atoms with Gasteiger partial charge in [-0.25, -0.2) is 9.37 Å². The summed E-state index contributed by atoms with van der Waals surface area (Å²) in [6.07, 6.45) is 2.48. The largest absolute Gasteiger partial charge is 0.370 e. The lowest BCUT2D eigenvalue weighted by Gasteiger charge is -2.08. The van der Waals surface area contributed by atoms with E-state index >= 15 is 0 Å². The van der Waals surface area contributed by atoms with E-state index in [1.54, 1.807) is 18.2 Å². The number of amides is 1. The van der Waals surface area contributed by atoms with E-state index in [1.807, 2.05) is 0 Å². The zero-order valence-electron chi connectivity index (χ0n) is 11.5. The summed E-state index contributed by atoms with van der Waals surface area (Å²) in [5, 5.41) is 5.77. The smallest absolute Gasteiger partial charge is 0.257 e. The average molecular weight is 352 g/mol. The predicted molar refractivity (Wildman–Crippen MR) is 85.1 cm³/mol. The Labute approximate surface area is 130 Å². The second-order valence-corrected chi connectivity index (χ2v) is 5.29. The molecule has 0 aliphatic carbocycles. The van der Waals surface area contributed by atoms with Crippen molar-refractivity contribution >= 4 is 33.3 Å². The molecule has 1 amide bonds. The average Bonchev–Trinajstić information content (AvgIpc) is 2.49. The Morgan fingerprint density at radius 1 is 1.33 bits per heavy atom. The molecule has 1 heterocycles. The third-order valence-electron chi connectivity index (χ3n) is 2.76. The summed E-state index contributed by atoms with van der Waals surface area (Å²) in [6.45, 7) is 2.89. The first-order valence-corrected chi connectivity index (χ1v) is 7.35. The number of benzene rings is 1. The lowest BCUT2D eigenvalue weighted by Crippen LogP contribution is -2.13. The fourth-order valence-corrected chi connectivity index (χ4v) is 2.02. The van der Waals surface area contributed by atoms with Crippen LogP contribution < -0.4 is 10.6 Å². The molecule has 21 heavy (non-hydrogen) atoms. The molecule has 0 aliphatic heterocycles. The topological polar surface area (TPSA) is 54.0 Å². The van der Waals surface area contributed by atoms with Crippen molar-refractivity contribution in [1.29, 1.82) is 0 Å². The monoisotopic (exact) mass is 351 g/mol. The van der Waals surface area contributed by atoms with Gasteiger partial charge in [0, 0.05) is 17.2 Å². The summed E-state index contributed by atoms with van der Waals surface area (Å²) in [7, 11) is 0. The van der Waals surface area contributed by atoms with Gasteiger partial charge in [0.1, 0.15) is 11.6 Å². The van der Waals surface area contributed by atoms with Gasteiger partial charge in [0.15, 0.2) is 0 Å². The number of nitrogens with zero attached hydrogens (tertiary/aromatic N) is 1. The molecular weight excluding hydrogens is 337 g/mol. The highest BCUT2D eigenvalue weighted by Gasteiger charge is 2.09. The second-order valence-electron chi connectivity index (χ2n) is 4.44. The van der Waals surface area contributed by atoms with E-state index in [9.17, 15) is 9.18 Å². The molecule has 2 N–H and O–H groups in total. The molecule has 4 nitrogen and oxygen atoms in total. The molecule has 0 atom stereocenters. The Bertz CT molecular complexity index is 631. The number of halogens is 2. The van der Waals surface area contributed by atoms with Crippen LogP contribution in [-0.2, 0) is 0 Å². The number of carbonyl (C=O) groups excluding carboxylic acids is 1. The normalized spacial score (nSPS) is 10.2. The Kier molecular flexibility index (Phi) is 5.27. The summed E-state index contributed by atoms with van der Waals surface area (Å²) in [5.41, 5.74) is 0.793. The Morgan fingerprint density at radius 2 is 2.14 bits per heavy atom. The van der Waals surface area contributed by atoms with Crippen LogP contribution in [0, 0.1) is 5.82 Å². The van der Waals surface area contributed by atoms with E-state index in [0.717, 1.165) is 18.8 Å². The minimum absolute atomic E-state index is 0.337. The fraction of sp³-hybridized carbons (Fsp3) is 0.200. The molecule has 0 radical (unpaired) electrons. The van der Waals surface area contributed by atoms with Crippen LogP contribution in [0.3, 0.4) is 0 Å². The van der Waals surface area contributed by atoms with Crippen molar-refractivity contribution in [2.24, 2.45) is 0 Å². The lowest BCUT2D eigenvalue weighted by atomic mass is 10.2. The van der Waals surface area contributed by atoms with E-state index in [4.69, 9.17) is 0 Å². The van der Waals surface area contributed by atoms with Crippen LogP contribution in [0.25, 0.3) is 0 Å². The molecule has 110 valence electrons. The molecule has 2 aromatic rings. The second kappa shape index (κ2) is 7.17. The van der Waals surface area contributed by atoms with E-state index in [1.165, 1.54) is 18.3 Å². The van der Waals surface area contributed by atoms with Crippen molar-refractivity contribution in [3.63, 3.8) is 0 Å². The predicted octanol–water partition coefficient (Wildman–Crippen LogP) is 4.06. The number of aromatic nitrogens is 1. The van der Waals surface area contributed by atoms with Crippen molar-refractivity contribution in [3.05, 3.63) is 52.4 Å². The minimum atomic E-state index is -0.411. The number of anilines is 2. The number of hydrogen-bond donors (Lipinski definition) is 2. The number of nitrogens with one attached hydrogen (secondary N) is 2. The summed E-state index contributed by atoms with van der Waals surface area (Å²) in [6, 6.07) is 7.53. The lowest BCUT2D eigenvalue weighted by molar-refractivity contribution is 0.102. The molecule has 2 rings (SSSR count). The van der Waals surface area contributed by atoms with Crippen LogP contribution in [0.5, 0.6) is 0 Å². The fourth-order valence-electron chi connectivity index (χ4n) is 1.67. The molecule has 6 heteroatoms. The zero-order chi connectivity index (χ0) is 15.2. The van der Waals surface area contributed by atoms with Gasteiger partial charge in [-0.15, -0.1) is 0 Å². The van der Waals surface area contributed by atoms with Crippen LogP contribution in [0.15, 0.2) is 41.0 Å². The first-order valence-electron chi connectivity index (χ1n) is 6.56. The van der Waals surface area contributed by atoms with Crippen LogP contribution in [0.2, 0.25) is 0 Å². The Morgan fingerprint density at radius 3 is 2.81 bits per heavy atom. The van der Waals surface area contributed by atoms with Gasteiger partial charge >= 0.3 is 0 Å². The van der Waals surface area contributed by atoms with Gasteiger partial charge < -0.3 is 10.6 Å². The maximum Gasteiger partial charge on any atom is 0.257 e. The highest BCUT2D eigenvalue weighted by atomic mass is 79.9. The van der Waals surface area contributed by atoms with Gasteiger partial charge in [-0.3, -0.25) is 4.79 Å². The van der Waals surface area contributed by atoms with Gasteiger partial charge in [-0.05, 0) is 52.7 Å². The first kappa shape index (κ1) is 15.4. The number of hydrogen-bond acceptors (Lipinski definition) is 3. The number of rotatable bonds is 5. The summed E-state index contributed by atoms with van der Waals surface area (Å²) >= 11 is 3.26. The van der Waals surface area contributed by atoms with Crippen LogP contribution in [-0.4, -0.2) is 17.4 Å². The van der Waals surface area contributed by atoms with E-state index < -0.39 is 5.82 Å². The van der Waals surface area contributed by atoms with Crippen molar-refractivity contribution < 1.29 is 9.18 Å². The van der Waals surface area contributed by atoms with Crippen molar-refractivity contribution in [1.82, 2.24) is 4.98 Å². The SMILES string of the molecule is CCCNc1ccc(C(=O)Nc2cc(F)ccc2Br)cn1. The standard InChI is InChI=1S/C15H15BrFN3O/c1-2-7-18-14-6-3-10(9-19-14)15(21)20-13-8-11(17)4-5-12(13)16/h3-6,8-9H,2,7H2,1H3,(H,18,19)(H,20,21). The third-order valence-corrected chi connectivity index (χ3v) is 3.45. The maximum atomic E-state index is 13.2. The van der Waals surface area contributed by atoms with Gasteiger partial charge in [0.05, 0.1) is 11.3 Å². The highest BCUT2D eigenvalue weighted by molar-refractivity contribution is 9.10. The summed E-state index contributed by atoms with van der Waals surface area (Å²) in [5.74, 6) is -0.0260. The molecule has 0 unspecified atom stereocenters. The van der Waals surface area contributed by atoms with E-state index in [2.05, 4.69) is 38.5 Å². The third kappa shape index (κ3) is 4.26. The summed E-state index contributed by atoms with van der Waals surface area (Å²) < 4.78 is 13.8. The maximum absolute atomic E-state index is 13.2. The van der Waals surface area contributed by atoms with Gasteiger partial charge in [-0.2, -0.15) is 0 Å². The van der Waals surface area contributed by atoms with Crippen LogP contribution >= 0.6 is 15.9 Å². The molecular formula is C15H15BrFN3O. The highest BCUT2D eigenvalue weighted by Crippen LogP contribution is 2.23. The van der Waals surface area contributed by atoms with E-state index in [0.29, 0.717) is 15.7 Å². The molecule has 0 fully saturated rings. The van der Waals surface area contributed by atoms with Gasteiger partial charge in [0.25, 0.3) is 5.91 Å². The minimum Gasteiger partial charge on any atom is -0.370 e. The van der Waals surface area contributed by atoms with E-state index in [-0.39, 0.29) is 5.91 Å². The zero-order valence-corrected chi connectivity index (χ0v) is 13.1. The molecule has 0 saturated carbocycles. The van der Waals surface area contributed by atoms with Gasteiger partial charge in [0.2, 0.25) is 0 Å². The van der Waals surface area contributed by atoms with Crippen molar-refractivity contribution in [2.75, 3.05) is 17.2 Å². The van der Waals surface area contributed by atoms with Crippen molar-refractivity contribution in [3.8, 4) is 0 Å². The molecule has 1 aromatic carbocycles. The molecule has 1 aromatic heterocycles. The quantitative estimate of drug-likeness (QED) is 0.853. The Hall–Kier alpha value is -1.95. The van der Waals surface area contributed by atoms with Gasteiger partial charge in [-0.1, -0.05) is 6.92 Å². The molecule has 0 spiro atoms. The summed E-state index contributed by atoms with van der Waals surface area (Å²) in [4.78, 5) is 16.2. The van der Waals surface area contributed by atoms with Crippen molar-refractivity contribution in [2.45, 2.75) is 13.3 Å². The molecule has 0 aliphatic rings. The number of pyridine rings is 1. The molecule has 0 bridgehead atoms. The first-order chi connectivity index (χ1) is 10.1. The molecule has 0 saturated heterocycles.